The lowest BCUT2D eigenvalue weighted by atomic mass is 10.1. The summed E-state index contributed by atoms with van der Waals surface area (Å²) in [5.41, 5.74) is 2.66. The zero-order valence-electron chi connectivity index (χ0n) is 12.9. The predicted molar refractivity (Wildman–Crippen MR) is 86.8 cm³/mol. The Morgan fingerprint density at radius 1 is 1.14 bits per heavy atom. The summed E-state index contributed by atoms with van der Waals surface area (Å²) in [6.07, 6.45) is 2.48. The molecule has 0 fully saturated rings. The maximum atomic E-state index is 12.4. The summed E-state index contributed by atoms with van der Waals surface area (Å²) in [4.78, 5) is 14.3. The Balaban J connectivity index is 1.54. The van der Waals surface area contributed by atoms with Crippen molar-refractivity contribution in [3.8, 4) is 5.75 Å². The number of hydrogen-bond acceptors (Lipinski definition) is 2. The van der Waals surface area contributed by atoms with Gasteiger partial charge in [-0.2, -0.15) is 0 Å². The molecule has 2 aromatic rings. The monoisotopic (exact) mass is 295 g/mol. The molecule has 0 saturated carbocycles. The SMILES string of the molecule is CN(C(=O)CCOc1ccccc1)C1CCc2ccccc21. The van der Waals surface area contributed by atoms with Crippen LogP contribution in [0.4, 0.5) is 0 Å². The van der Waals surface area contributed by atoms with E-state index >= 15 is 0 Å². The van der Waals surface area contributed by atoms with Gasteiger partial charge < -0.3 is 9.64 Å². The Labute approximate surface area is 131 Å². The quantitative estimate of drug-likeness (QED) is 0.843. The highest BCUT2D eigenvalue weighted by Gasteiger charge is 2.27. The number of carbonyl (C=O) groups is 1. The van der Waals surface area contributed by atoms with Gasteiger partial charge in [0.05, 0.1) is 19.1 Å². The number of amides is 1. The van der Waals surface area contributed by atoms with Crippen molar-refractivity contribution in [3.63, 3.8) is 0 Å². The highest BCUT2D eigenvalue weighted by atomic mass is 16.5. The molecule has 0 heterocycles. The molecule has 0 saturated heterocycles. The lowest BCUT2D eigenvalue weighted by molar-refractivity contribution is -0.132. The summed E-state index contributed by atoms with van der Waals surface area (Å²) in [7, 11) is 1.90. The number of carbonyl (C=O) groups excluding carboxylic acids is 1. The number of benzene rings is 2. The van der Waals surface area contributed by atoms with E-state index in [2.05, 4.69) is 18.2 Å². The maximum Gasteiger partial charge on any atom is 0.226 e. The van der Waals surface area contributed by atoms with Gasteiger partial charge >= 0.3 is 0 Å². The van der Waals surface area contributed by atoms with Crippen LogP contribution in [0.5, 0.6) is 5.75 Å². The van der Waals surface area contributed by atoms with E-state index in [1.165, 1.54) is 11.1 Å². The Kier molecular flexibility index (Phi) is 4.42. The van der Waals surface area contributed by atoms with Crippen molar-refractivity contribution in [3.05, 3.63) is 65.7 Å². The van der Waals surface area contributed by atoms with E-state index in [0.717, 1.165) is 18.6 Å². The third-order valence-electron chi connectivity index (χ3n) is 4.29. The van der Waals surface area contributed by atoms with E-state index in [1.807, 2.05) is 48.3 Å². The molecule has 3 rings (SSSR count). The molecule has 1 unspecified atom stereocenters. The Bertz CT molecular complexity index is 639. The van der Waals surface area contributed by atoms with Gasteiger partial charge in [-0.15, -0.1) is 0 Å². The van der Waals surface area contributed by atoms with Gasteiger partial charge in [0.25, 0.3) is 0 Å². The van der Waals surface area contributed by atoms with Gasteiger partial charge in [-0.1, -0.05) is 42.5 Å². The van der Waals surface area contributed by atoms with Crippen molar-refractivity contribution < 1.29 is 9.53 Å². The third kappa shape index (κ3) is 3.14. The Morgan fingerprint density at radius 2 is 1.86 bits per heavy atom. The average molecular weight is 295 g/mol. The zero-order valence-corrected chi connectivity index (χ0v) is 12.9. The fraction of sp³-hybridized carbons (Fsp3) is 0.316. The van der Waals surface area contributed by atoms with E-state index in [1.54, 1.807) is 0 Å². The normalized spacial score (nSPS) is 16.1. The second-order valence-electron chi connectivity index (χ2n) is 5.67. The number of ether oxygens (including phenoxy) is 1. The summed E-state index contributed by atoms with van der Waals surface area (Å²) in [5.74, 6) is 0.946. The first-order valence-electron chi connectivity index (χ1n) is 7.77. The topological polar surface area (TPSA) is 29.5 Å². The van der Waals surface area contributed by atoms with Crippen LogP contribution in [0.25, 0.3) is 0 Å². The van der Waals surface area contributed by atoms with Crippen molar-refractivity contribution in [1.29, 1.82) is 0 Å². The minimum Gasteiger partial charge on any atom is -0.493 e. The molecule has 3 nitrogen and oxygen atoms in total. The van der Waals surface area contributed by atoms with Gasteiger partial charge in [0.2, 0.25) is 5.91 Å². The average Bonchev–Trinajstić information content (AvgIpc) is 2.99. The first-order valence-corrected chi connectivity index (χ1v) is 7.77. The summed E-state index contributed by atoms with van der Waals surface area (Å²) < 4.78 is 5.61. The highest BCUT2D eigenvalue weighted by Crippen LogP contribution is 2.34. The van der Waals surface area contributed by atoms with Crippen LogP contribution in [0.2, 0.25) is 0 Å². The molecule has 1 aliphatic carbocycles. The van der Waals surface area contributed by atoms with Crippen LogP contribution < -0.4 is 4.74 Å². The summed E-state index contributed by atoms with van der Waals surface area (Å²) >= 11 is 0. The molecule has 1 aliphatic rings. The summed E-state index contributed by atoms with van der Waals surface area (Å²) in [6, 6.07) is 18.2. The molecule has 0 radical (unpaired) electrons. The van der Waals surface area contributed by atoms with E-state index in [9.17, 15) is 4.79 Å². The van der Waals surface area contributed by atoms with Crippen LogP contribution in [0.1, 0.15) is 30.0 Å². The molecule has 0 aliphatic heterocycles. The Morgan fingerprint density at radius 3 is 2.68 bits per heavy atom. The van der Waals surface area contributed by atoms with Crippen LogP contribution in [-0.2, 0) is 11.2 Å². The Hall–Kier alpha value is -2.29. The van der Waals surface area contributed by atoms with Crippen LogP contribution >= 0.6 is 0 Å². The van der Waals surface area contributed by atoms with Crippen LogP contribution in [0.3, 0.4) is 0 Å². The lowest BCUT2D eigenvalue weighted by Gasteiger charge is -2.25. The first kappa shape index (κ1) is 14.6. The van der Waals surface area contributed by atoms with Crippen LogP contribution in [0, 0.1) is 0 Å². The molecule has 0 aromatic heterocycles. The van der Waals surface area contributed by atoms with E-state index in [-0.39, 0.29) is 11.9 Å². The van der Waals surface area contributed by atoms with E-state index in [0.29, 0.717) is 13.0 Å². The van der Waals surface area contributed by atoms with Gasteiger partial charge in [-0.3, -0.25) is 4.79 Å². The van der Waals surface area contributed by atoms with Crippen LogP contribution in [-0.4, -0.2) is 24.5 Å². The largest absolute Gasteiger partial charge is 0.493 e. The van der Waals surface area contributed by atoms with Crippen molar-refractivity contribution >= 4 is 5.91 Å². The molecule has 114 valence electrons. The number of nitrogens with zero attached hydrogens (tertiary/aromatic N) is 1. The molecule has 0 bridgehead atoms. The molecule has 1 atom stereocenters. The minimum absolute atomic E-state index is 0.137. The van der Waals surface area contributed by atoms with Gasteiger partial charge in [-0.05, 0) is 36.1 Å². The van der Waals surface area contributed by atoms with E-state index in [4.69, 9.17) is 4.74 Å². The lowest BCUT2D eigenvalue weighted by Crippen LogP contribution is -2.31. The first-order chi connectivity index (χ1) is 10.8. The van der Waals surface area contributed by atoms with Crippen molar-refractivity contribution in [2.75, 3.05) is 13.7 Å². The number of rotatable bonds is 5. The third-order valence-corrected chi connectivity index (χ3v) is 4.29. The molecule has 2 aromatic carbocycles. The summed E-state index contributed by atoms with van der Waals surface area (Å²) in [6.45, 7) is 0.418. The van der Waals surface area contributed by atoms with E-state index < -0.39 is 0 Å². The molecule has 1 amide bonds. The van der Waals surface area contributed by atoms with Crippen LogP contribution in [0.15, 0.2) is 54.6 Å². The predicted octanol–water partition coefficient (Wildman–Crippen LogP) is 3.60. The molecular formula is C19H21NO2. The molecular weight excluding hydrogens is 274 g/mol. The smallest absolute Gasteiger partial charge is 0.226 e. The van der Waals surface area contributed by atoms with Gasteiger partial charge in [-0.25, -0.2) is 0 Å². The molecule has 22 heavy (non-hydrogen) atoms. The maximum absolute atomic E-state index is 12.4. The number of para-hydroxylation sites is 1. The van der Waals surface area contributed by atoms with Gasteiger partial charge in [0, 0.05) is 7.05 Å². The second-order valence-corrected chi connectivity index (χ2v) is 5.67. The molecule has 3 heteroatoms. The standard InChI is InChI=1S/C19H21NO2/c1-20(18-12-11-15-7-5-6-10-17(15)18)19(21)13-14-22-16-8-3-2-4-9-16/h2-10,18H,11-14H2,1H3. The number of aryl methyl sites for hydroxylation is 1. The van der Waals surface area contributed by atoms with Crippen molar-refractivity contribution in [2.24, 2.45) is 0 Å². The van der Waals surface area contributed by atoms with Gasteiger partial charge in [0.15, 0.2) is 0 Å². The number of hydrogen-bond donors (Lipinski definition) is 0. The number of fused-ring (bicyclic) bond motifs is 1. The van der Waals surface area contributed by atoms with Crippen molar-refractivity contribution in [2.45, 2.75) is 25.3 Å². The van der Waals surface area contributed by atoms with Gasteiger partial charge in [0.1, 0.15) is 5.75 Å². The summed E-state index contributed by atoms with van der Waals surface area (Å²) in [5, 5.41) is 0. The highest BCUT2D eigenvalue weighted by molar-refractivity contribution is 5.76. The molecule has 0 spiro atoms. The second kappa shape index (κ2) is 6.65. The fourth-order valence-corrected chi connectivity index (χ4v) is 3.06. The molecule has 0 N–H and O–H groups in total. The fourth-order valence-electron chi connectivity index (χ4n) is 3.06. The minimum atomic E-state index is 0.137. The van der Waals surface area contributed by atoms with Crippen molar-refractivity contribution in [1.82, 2.24) is 4.90 Å². The zero-order chi connectivity index (χ0) is 15.4.